The van der Waals surface area contributed by atoms with Crippen molar-refractivity contribution in [3.8, 4) is 23.0 Å². The zero-order valence-corrected chi connectivity index (χ0v) is 16.7. The summed E-state index contributed by atoms with van der Waals surface area (Å²) in [6.07, 6.45) is 9.55. The van der Waals surface area contributed by atoms with Gasteiger partial charge in [-0.15, -0.1) is 10.2 Å². The third-order valence-corrected chi connectivity index (χ3v) is 6.27. The maximum atomic E-state index is 13.8. The van der Waals surface area contributed by atoms with Crippen LogP contribution in [-0.2, 0) is 5.54 Å². The normalized spacial score (nSPS) is 19.3. The first-order valence-corrected chi connectivity index (χ1v) is 10.2. The highest BCUT2D eigenvalue weighted by atomic mass is 19.1. The van der Waals surface area contributed by atoms with E-state index in [-0.39, 0.29) is 5.54 Å². The monoisotopic (exact) mass is 420 g/mol. The van der Waals surface area contributed by atoms with E-state index in [2.05, 4.69) is 32.0 Å². The fourth-order valence-corrected chi connectivity index (χ4v) is 4.88. The number of aromatic nitrogens is 7. The number of anilines is 1. The molecule has 1 saturated heterocycles. The average molecular weight is 420 g/mol. The van der Waals surface area contributed by atoms with Crippen LogP contribution in [0.5, 0.6) is 0 Å². The summed E-state index contributed by atoms with van der Waals surface area (Å²) in [5, 5.41) is 8.56. The van der Waals surface area contributed by atoms with E-state index in [0.29, 0.717) is 17.3 Å². The second-order valence-corrected chi connectivity index (χ2v) is 7.82. The molecule has 6 rings (SSSR count). The number of hydrogen-bond donors (Lipinski definition) is 0. The Labute approximate surface area is 176 Å². The van der Waals surface area contributed by atoms with Crippen molar-refractivity contribution in [1.82, 2.24) is 34.3 Å². The van der Waals surface area contributed by atoms with Gasteiger partial charge in [0.05, 0.1) is 6.20 Å². The third-order valence-electron chi connectivity index (χ3n) is 6.27. The predicted octanol–water partition coefficient (Wildman–Crippen LogP) is 3.41. The summed E-state index contributed by atoms with van der Waals surface area (Å²) in [6.45, 7) is 3.01. The van der Waals surface area contributed by atoms with Crippen molar-refractivity contribution >= 4 is 5.82 Å². The van der Waals surface area contributed by atoms with Crippen LogP contribution in [0.15, 0.2) is 43.1 Å². The van der Waals surface area contributed by atoms with Gasteiger partial charge >= 0.3 is 0 Å². The standard InChI is InChI=1S/C21H18F2N8/c1-2-21-4-3-6-31(21)18-16(30-12-26-28-19(21)30)11-25-20(27-18)29-7-5-24-17(29)13-8-14(22)10-15(23)9-13/h5,7-12H,2-4,6H2,1H3. The molecule has 8 nitrogen and oxygen atoms in total. The van der Waals surface area contributed by atoms with Gasteiger partial charge in [0.2, 0.25) is 5.95 Å². The van der Waals surface area contributed by atoms with Crippen molar-refractivity contribution in [1.29, 1.82) is 0 Å². The van der Waals surface area contributed by atoms with Gasteiger partial charge in [0.1, 0.15) is 35.0 Å². The van der Waals surface area contributed by atoms with E-state index in [1.807, 2.05) is 4.57 Å². The van der Waals surface area contributed by atoms with E-state index in [1.54, 1.807) is 29.5 Å². The molecule has 1 fully saturated rings. The van der Waals surface area contributed by atoms with Gasteiger partial charge in [0.25, 0.3) is 0 Å². The van der Waals surface area contributed by atoms with E-state index in [1.165, 1.54) is 12.1 Å². The molecule has 5 heterocycles. The Morgan fingerprint density at radius 3 is 2.74 bits per heavy atom. The van der Waals surface area contributed by atoms with Crippen molar-refractivity contribution in [2.45, 2.75) is 31.7 Å². The lowest BCUT2D eigenvalue weighted by Crippen LogP contribution is -2.46. The van der Waals surface area contributed by atoms with E-state index in [0.717, 1.165) is 49.2 Å². The maximum Gasteiger partial charge on any atom is 0.237 e. The lowest BCUT2D eigenvalue weighted by atomic mass is 9.90. The van der Waals surface area contributed by atoms with Crippen LogP contribution in [0.1, 0.15) is 32.0 Å². The van der Waals surface area contributed by atoms with Crippen molar-refractivity contribution in [2.75, 3.05) is 11.4 Å². The topological polar surface area (TPSA) is 77.5 Å². The first kappa shape index (κ1) is 18.1. The number of imidazole rings is 1. The molecular weight excluding hydrogens is 402 g/mol. The summed E-state index contributed by atoms with van der Waals surface area (Å²) < 4.78 is 31.2. The maximum absolute atomic E-state index is 13.8. The van der Waals surface area contributed by atoms with Gasteiger partial charge in [0, 0.05) is 30.6 Å². The Kier molecular flexibility index (Phi) is 3.74. The molecule has 0 amide bonds. The van der Waals surface area contributed by atoms with Crippen LogP contribution in [0.4, 0.5) is 14.6 Å². The van der Waals surface area contributed by atoms with Crippen LogP contribution < -0.4 is 4.90 Å². The van der Waals surface area contributed by atoms with E-state index in [9.17, 15) is 8.78 Å². The zero-order chi connectivity index (χ0) is 21.2. The fraction of sp³-hybridized carbons (Fsp3) is 0.286. The molecule has 0 bridgehead atoms. The number of benzene rings is 1. The van der Waals surface area contributed by atoms with Crippen LogP contribution in [-0.4, -0.2) is 40.8 Å². The van der Waals surface area contributed by atoms with Crippen LogP contribution in [0.3, 0.4) is 0 Å². The first-order valence-electron chi connectivity index (χ1n) is 10.2. The molecular formula is C21H18F2N8. The van der Waals surface area contributed by atoms with Gasteiger partial charge in [0.15, 0.2) is 11.6 Å². The summed E-state index contributed by atoms with van der Waals surface area (Å²) >= 11 is 0. The number of nitrogens with zero attached hydrogens (tertiary/aromatic N) is 8. The van der Waals surface area contributed by atoms with Gasteiger partial charge in [-0.2, -0.15) is 4.98 Å². The van der Waals surface area contributed by atoms with E-state index < -0.39 is 11.6 Å². The fourth-order valence-electron chi connectivity index (χ4n) is 4.88. The number of hydrogen-bond acceptors (Lipinski definition) is 6. The minimum absolute atomic E-state index is 0.251. The van der Waals surface area contributed by atoms with Crippen molar-refractivity contribution in [3.05, 3.63) is 60.6 Å². The molecule has 31 heavy (non-hydrogen) atoms. The number of fused-ring (bicyclic) bond motifs is 6. The largest absolute Gasteiger partial charge is 0.342 e. The highest BCUT2D eigenvalue weighted by Gasteiger charge is 2.49. The molecule has 3 aromatic heterocycles. The Morgan fingerprint density at radius 1 is 1.10 bits per heavy atom. The summed E-state index contributed by atoms with van der Waals surface area (Å²) in [7, 11) is 0. The van der Waals surface area contributed by atoms with E-state index in [4.69, 9.17) is 4.98 Å². The summed E-state index contributed by atoms with van der Waals surface area (Å²) in [5.74, 6) is 1.12. The first-order chi connectivity index (χ1) is 15.1. The van der Waals surface area contributed by atoms with Crippen molar-refractivity contribution in [2.24, 2.45) is 0 Å². The Bertz CT molecular complexity index is 1290. The molecule has 0 aliphatic carbocycles. The highest BCUT2D eigenvalue weighted by Crippen LogP contribution is 2.48. The molecule has 1 aromatic carbocycles. The molecule has 156 valence electrons. The third kappa shape index (κ3) is 2.47. The molecule has 2 aliphatic rings. The summed E-state index contributed by atoms with van der Waals surface area (Å²) in [6, 6.07) is 3.32. The van der Waals surface area contributed by atoms with Crippen LogP contribution in [0, 0.1) is 11.6 Å². The van der Waals surface area contributed by atoms with Gasteiger partial charge in [-0.25, -0.2) is 18.7 Å². The Hall–Kier alpha value is -3.69. The number of halogens is 2. The van der Waals surface area contributed by atoms with Gasteiger partial charge in [-0.3, -0.25) is 9.13 Å². The van der Waals surface area contributed by atoms with Crippen molar-refractivity contribution in [3.63, 3.8) is 0 Å². The summed E-state index contributed by atoms with van der Waals surface area (Å²) in [5.41, 5.74) is 0.876. The molecule has 0 spiro atoms. The predicted molar refractivity (Wildman–Crippen MR) is 108 cm³/mol. The summed E-state index contributed by atoms with van der Waals surface area (Å²) in [4.78, 5) is 16.0. The lowest BCUT2D eigenvalue weighted by molar-refractivity contribution is 0.382. The smallest absolute Gasteiger partial charge is 0.237 e. The SMILES string of the molecule is CCC12CCCN1c1nc(-n3ccnc3-c3cc(F)cc(F)c3)ncc1-n1cnnc12. The Balaban J connectivity index is 1.52. The second-order valence-electron chi connectivity index (χ2n) is 7.82. The quantitative estimate of drug-likeness (QED) is 0.506. The number of rotatable bonds is 3. The highest BCUT2D eigenvalue weighted by molar-refractivity contribution is 5.65. The minimum atomic E-state index is -0.666. The molecule has 0 saturated carbocycles. The average Bonchev–Trinajstić information content (AvgIpc) is 3.51. The molecule has 1 unspecified atom stereocenters. The molecule has 4 aromatic rings. The van der Waals surface area contributed by atoms with Crippen LogP contribution in [0.2, 0.25) is 0 Å². The molecule has 2 aliphatic heterocycles. The van der Waals surface area contributed by atoms with Crippen LogP contribution >= 0.6 is 0 Å². The molecule has 10 heteroatoms. The second kappa shape index (κ2) is 6.40. The molecule has 0 radical (unpaired) electrons. The molecule has 0 N–H and O–H groups in total. The lowest BCUT2D eigenvalue weighted by Gasteiger charge is -2.42. The van der Waals surface area contributed by atoms with Gasteiger partial charge in [-0.1, -0.05) is 6.92 Å². The van der Waals surface area contributed by atoms with Gasteiger partial charge in [-0.05, 0) is 31.4 Å². The Morgan fingerprint density at radius 2 is 1.94 bits per heavy atom. The van der Waals surface area contributed by atoms with E-state index >= 15 is 0 Å². The minimum Gasteiger partial charge on any atom is -0.342 e. The zero-order valence-electron chi connectivity index (χ0n) is 16.7. The molecule has 1 atom stereocenters. The van der Waals surface area contributed by atoms with Crippen LogP contribution in [0.25, 0.3) is 23.0 Å². The van der Waals surface area contributed by atoms with Crippen molar-refractivity contribution < 1.29 is 8.78 Å². The van der Waals surface area contributed by atoms with Gasteiger partial charge < -0.3 is 4.90 Å².